The number of unbranched alkanes of at least 4 members (excludes halogenated alkanes) is 2. The van der Waals surface area contributed by atoms with E-state index in [2.05, 4.69) is 6.92 Å². The summed E-state index contributed by atoms with van der Waals surface area (Å²) >= 11 is 0. The second-order valence-electron chi connectivity index (χ2n) is 6.76. The van der Waals surface area contributed by atoms with Gasteiger partial charge in [0.1, 0.15) is 0 Å². The number of furan rings is 1. The van der Waals surface area contributed by atoms with Crippen molar-refractivity contribution in [1.29, 1.82) is 0 Å². The van der Waals surface area contributed by atoms with Gasteiger partial charge in [-0.15, -0.1) is 0 Å². The molecule has 1 atom stereocenters. The molecule has 5 heteroatoms. The quantitative estimate of drug-likeness (QED) is 0.485. The van der Waals surface area contributed by atoms with E-state index in [0.717, 1.165) is 32.1 Å². The second kappa shape index (κ2) is 7.23. The van der Waals surface area contributed by atoms with Gasteiger partial charge >= 0.3 is 0 Å². The molecule has 1 aliphatic rings. The lowest BCUT2D eigenvalue weighted by Crippen LogP contribution is -1.99. The number of halogens is 2. The molecule has 2 aromatic carbocycles. The van der Waals surface area contributed by atoms with Crippen molar-refractivity contribution in [2.75, 3.05) is 13.2 Å². The number of rotatable bonds is 6. The van der Waals surface area contributed by atoms with Crippen molar-refractivity contribution in [3.8, 4) is 5.75 Å². The molecular weight excluding hydrogens is 338 g/mol. The van der Waals surface area contributed by atoms with Crippen LogP contribution in [0.4, 0.5) is 8.78 Å². The lowest BCUT2D eigenvalue weighted by Gasteiger charge is -2.10. The summed E-state index contributed by atoms with van der Waals surface area (Å²) in [7, 11) is 0. The summed E-state index contributed by atoms with van der Waals surface area (Å²) in [6.45, 7) is 3.18. The minimum absolute atomic E-state index is 0.0383. The van der Waals surface area contributed by atoms with Crippen LogP contribution < -0.4 is 4.74 Å². The Hall–Kier alpha value is -2.14. The van der Waals surface area contributed by atoms with Gasteiger partial charge < -0.3 is 13.9 Å². The maximum atomic E-state index is 15.0. The number of fused-ring (bicyclic) bond motifs is 3. The molecule has 26 heavy (non-hydrogen) atoms. The molecule has 2 heterocycles. The Bertz CT molecular complexity index is 926. The SMILES string of the molecule is CCCCCOc1ccc2c(oc3c(F)c(C4CCCO4)ccc32)c1F. The maximum absolute atomic E-state index is 15.0. The van der Waals surface area contributed by atoms with Crippen molar-refractivity contribution < 1.29 is 22.7 Å². The van der Waals surface area contributed by atoms with E-state index in [1.807, 2.05) is 0 Å². The first-order valence-corrected chi connectivity index (χ1v) is 9.28. The first kappa shape index (κ1) is 17.3. The van der Waals surface area contributed by atoms with Crippen LogP contribution in [0.5, 0.6) is 5.75 Å². The second-order valence-corrected chi connectivity index (χ2v) is 6.76. The van der Waals surface area contributed by atoms with Crippen molar-refractivity contribution in [3.63, 3.8) is 0 Å². The zero-order valence-electron chi connectivity index (χ0n) is 14.8. The zero-order valence-corrected chi connectivity index (χ0v) is 14.8. The monoisotopic (exact) mass is 360 g/mol. The lowest BCUT2D eigenvalue weighted by atomic mass is 10.0. The summed E-state index contributed by atoms with van der Waals surface area (Å²) in [6, 6.07) is 6.81. The Labute approximate surface area is 150 Å². The van der Waals surface area contributed by atoms with E-state index in [0.29, 0.717) is 29.5 Å². The maximum Gasteiger partial charge on any atom is 0.208 e. The number of ether oxygens (including phenoxy) is 2. The van der Waals surface area contributed by atoms with Gasteiger partial charge in [0.2, 0.25) is 5.82 Å². The van der Waals surface area contributed by atoms with Gasteiger partial charge in [-0.2, -0.15) is 4.39 Å². The zero-order chi connectivity index (χ0) is 18.1. The molecule has 0 spiro atoms. The van der Waals surface area contributed by atoms with Crippen molar-refractivity contribution in [2.24, 2.45) is 0 Å². The number of hydrogen-bond donors (Lipinski definition) is 0. The van der Waals surface area contributed by atoms with E-state index >= 15 is 0 Å². The first-order chi connectivity index (χ1) is 12.7. The average Bonchev–Trinajstić information content (AvgIpc) is 3.29. The minimum atomic E-state index is -0.576. The van der Waals surface area contributed by atoms with Gasteiger partial charge in [0.05, 0.1) is 12.7 Å². The molecule has 0 aliphatic carbocycles. The van der Waals surface area contributed by atoms with Crippen molar-refractivity contribution in [1.82, 2.24) is 0 Å². The summed E-state index contributed by atoms with van der Waals surface area (Å²) in [5.74, 6) is -0.893. The molecule has 0 N–H and O–H groups in total. The van der Waals surface area contributed by atoms with Crippen LogP contribution in [0, 0.1) is 11.6 Å². The fourth-order valence-electron chi connectivity index (χ4n) is 3.55. The Balaban J connectivity index is 1.73. The third-order valence-electron chi connectivity index (χ3n) is 4.96. The highest BCUT2D eigenvalue weighted by Gasteiger charge is 2.25. The fourth-order valence-corrected chi connectivity index (χ4v) is 3.55. The molecule has 1 fully saturated rings. The lowest BCUT2D eigenvalue weighted by molar-refractivity contribution is 0.109. The number of benzene rings is 2. The molecule has 1 aromatic heterocycles. The van der Waals surface area contributed by atoms with Gasteiger partial charge in [0, 0.05) is 22.9 Å². The van der Waals surface area contributed by atoms with Crippen LogP contribution >= 0.6 is 0 Å². The highest BCUT2D eigenvalue weighted by Crippen LogP contribution is 2.39. The third kappa shape index (κ3) is 2.94. The Kier molecular flexibility index (Phi) is 4.81. The molecule has 1 aliphatic heterocycles. The predicted octanol–water partition coefficient (Wildman–Crippen LogP) is 6.28. The normalized spacial score (nSPS) is 17.4. The van der Waals surface area contributed by atoms with Crippen LogP contribution in [0.1, 0.15) is 50.7 Å². The molecule has 4 rings (SSSR count). The predicted molar refractivity (Wildman–Crippen MR) is 96.6 cm³/mol. The van der Waals surface area contributed by atoms with Crippen LogP contribution in [0.3, 0.4) is 0 Å². The summed E-state index contributed by atoms with van der Waals surface area (Å²) in [5, 5.41) is 1.12. The van der Waals surface area contributed by atoms with Gasteiger partial charge in [-0.05, 0) is 37.5 Å². The van der Waals surface area contributed by atoms with E-state index in [-0.39, 0.29) is 23.0 Å². The van der Waals surface area contributed by atoms with E-state index in [4.69, 9.17) is 13.9 Å². The molecular formula is C21H22F2O3. The summed E-state index contributed by atoms with van der Waals surface area (Å²) < 4.78 is 46.4. The molecule has 0 amide bonds. The molecule has 3 aromatic rings. The Morgan fingerprint density at radius 3 is 2.54 bits per heavy atom. The van der Waals surface area contributed by atoms with Crippen LogP contribution in [-0.2, 0) is 4.74 Å². The molecule has 1 unspecified atom stereocenters. The standard InChI is InChI=1S/C21H22F2O3/c1-2-3-4-11-25-17-10-9-14-13-7-8-15(16-6-5-12-24-16)18(22)20(13)26-21(14)19(17)23/h7-10,16H,2-6,11-12H2,1H3. The van der Waals surface area contributed by atoms with Crippen LogP contribution in [-0.4, -0.2) is 13.2 Å². The van der Waals surface area contributed by atoms with Gasteiger partial charge in [-0.3, -0.25) is 0 Å². The fraction of sp³-hybridized carbons (Fsp3) is 0.429. The highest BCUT2D eigenvalue weighted by atomic mass is 19.1. The topological polar surface area (TPSA) is 31.6 Å². The summed E-state index contributed by atoms with van der Waals surface area (Å²) in [5.41, 5.74) is 0.594. The Morgan fingerprint density at radius 2 is 1.81 bits per heavy atom. The smallest absolute Gasteiger partial charge is 0.208 e. The molecule has 0 saturated carbocycles. The van der Waals surface area contributed by atoms with Crippen LogP contribution in [0.2, 0.25) is 0 Å². The van der Waals surface area contributed by atoms with Gasteiger partial charge in [-0.1, -0.05) is 25.8 Å². The molecule has 0 radical (unpaired) electrons. The van der Waals surface area contributed by atoms with Crippen molar-refractivity contribution in [2.45, 2.75) is 45.1 Å². The highest BCUT2D eigenvalue weighted by molar-refractivity contribution is 6.05. The summed E-state index contributed by atoms with van der Waals surface area (Å²) in [6.07, 6.45) is 4.41. The summed E-state index contributed by atoms with van der Waals surface area (Å²) in [4.78, 5) is 0. The third-order valence-corrected chi connectivity index (χ3v) is 4.96. The van der Waals surface area contributed by atoms with E-state index in [1.165, 1.54) is 0 Å². The van der Waals surface area contributed by atoms with Gasteiger partial charge in [-0.25, -0.2) is 4.39 Å². The van der Waals surface area contributed by atoms with Crippen LogP contribution in [0.25, 0.3) is 21.9 Å². The van der Waals surface area contributed by atoms with Crippen molar-refractivity contribution in [3.05, 3.63) is 41.5 Å². The van der Waals surface area contributed by atoms with E-state index < -0.39 is 11.6 Å². The van der Waals surface area contributed by atoms with Crippen molar-refractivity contribution >= 4 is 21.9 Å². The van der Waals surface area contributed by atoms with E-state index in [9.17, 15) is 8.78 Å². The minimum Gasteiger partial charge on any atom is -0.490 e. The van der Waals surface area contributed by atoms with E-state index in [1.54, 1.807) is 24.3 Å². The largest absolute Gasteiger partial charge is 0.490 e. The molecule has 0 bridgehead atoms. The van der Waals surface area contributed by atoms with Crippen LogP contribution in [0.15, 0.2) is 28.7 Å². The first-order valence-electron chi connectivity index (χ1n) is 9.28. The molecule has 1 saturated heterocycles. The molecule has 138 valence electrons. The van der Waals surface area contributed by atoms with Gasteiger partial charge in [0.25, 0.3) is 0 Å². The molecule has 3 nitrogen and oxygen atoms in total. The Morgan fingerprint density at radius 1 is 1.04 bits per heavy atom. The van der Waals surface area contributed by atoms with Gasteiger partial charge in [0.15, 0.2) is 22.7 Å². The average molecular weight is 360 g/mol. The number of hydrogen-bond acceptors (Lipinski definition) is 3.